The summed E-state index contributed by atoms with van der Waals surface area (Å²) in [5, 5.41) is 7.64. The van der Waals surface area contributed by atoms with Gasteiger partial charge in [0.05, 0.1) is 12.0 Å². The highest BCUT2D eigenvalue weighted by atomic mass is 32.1. The standard InChI is InChI=1S/C23H23N3O3S/c1-29-19-8-4-16(5-9-19)10-12-24-23(28)25-18-7-6-17-11-13-26(20(17)15-18)22(27)21-3-2-14-30-21/h2-9,14-15H,10-13H2,1H3,(H2,24,25,28). The normalized spacial score (nSPS) is 12.4. The van der Waals surface area contributed by atoms with E-state index in [4.69, 9.17) is 4.74 Å². The Kier molecular flexibility index (Phi) is 5.99. The molecule has 2 N–H and O–H groups in total. The van der Waals surface area contributed by atoms with Gasteiger partial charge in [0.25, 0.3) is 5.91 Å². The van der Waals surface area contributed by atoms with E-state index in [1.165, 1.54) is 11.3 Å². The molecule has 0 radical (unpaired) electrons. The lowest BCUT2D eigenvalue weighted by Crippen LogP contribution is -2.31. The zero-order chi connectivity index (χ0) is 20.9. The molecule has 0 fully saturated rings. The summed E-state index contributed by atoms with van der Waals surface area (Å²) in [6.45, 7) is 1.18. The van der Waals surface area contributed by atoms with E-state index in [-0.39, 0.29) is 11.9 Å². The summed E-state index contributed by atoms with van der Waals surface area (Å²) in [7, 11) is 1.64. The Bertz CT molecular complexity index is 1030. The molecule has 0 aliphatic carbocycles. The third kappa shape index (κ3) is 4.46. The zero-order valence-electron chi connectivity index (χ0n) is 16.7. The van der Waals surface area contributed by atoms with Gasteiger partial charge in [-0.25, -0.2) is 4.79 Å². The summed E-state index contributed by atoms with van der Waals surface area (Å²) in [6.07, 6.45) is 1.55. The Labute approximate surface area is 179 Å². The minimum atomic E-state index is -0.266. The number of fused-ring (bicyclic) bond motifs is 1. The first-order valence-electron chi connectivity index (χ1n) is 9.80. The Morgan fingerprint density at radius 1 is 1.13 bits per heavy atom. The maximum absolute atomic E-state index is 12.7. The van der Waals surface area contributed by atoms with Crippen LogP contribution >= 0.6 is 11.3 Å². The summed E-state index contributed by atoms with van der Waals surface area (Å²) in [4.78, 5) is 27.5. The molecule has 1 aliphatic heterocycles. The summed E-state index contributed by atoms with van der Waals surface area (Å²) < 4.78 is 5.15. The number of carbonyl (C=O) groups excluding carboxylic acids is 2. The fourth-order valence-corrected chi connectivity index (χ4v) is 4.16. The summed E-state index contributed by atoms with van der Waals surface area (Å²) >= 11 is 1.44. The molecule has 30 heavy (non-hydrogen) atoms. The van der Waals surface area contributed by atoms with Gasteiger partial charge >= 0.3 is 6.03 Å². The van der Waals surface area contributed by atoms with E-state index in [1.807, 2.05) is 60.0 Å². The molecule has 1 aliphatic rings. The fourth-order valence-electron chi connectivity index (χ4n) is 3.49. The van der Waals surface area contributed by atoms with E-state index in [0.717, 1.165) is 40.3 Å². The lowest BCUT2D eigenvalue weighted by molar-refractivity contribution is 0.0993. The number of rotatable bonds is 6. The number of nitrogens with one attached hydrogen (secondary N) is 2. The van der Waals surface area contributed by atoms with Gasteiger partial charge in [0.2, 0.25) is 0 Å². The first kappa shape index (κ1) is 20.0. The monoisotopic (exact) mass is 421 g/mol. The van der Waals surface area contributed by atoms with Crippen molar-refractivity contribution in [3.05, 3.63) is 76.0 Å². The first-order chi connectivity index (χ1) is 14.6. The van der Waals surface area contributed by atoms with Crippen LogP contribution in [-0.4, -0.2) is 32.1 Å². The molecular weight excluding hydrogens is 398 g/mol. The van der Waals surface area contributed by atoms with Gasteiger partial charge in [-0.2, -0.15) is 0 Å². The first-order valence-corrected chi connectivity index (χ1v) is 10.7. The van der Waals surface area contributed by atoms with Gasteiger partial charge < -0.3 is 20.3 Å². The molecule has 7 heteroatoms. The largest absolute Gasteiger partial charge is 0.497 e. The van der Waals surface area contributed by atoms with Crippen molar-refractivity contribution in [3.8, 4) is 5.75 Å². The van der Waals surface area contributed by atoms with Crippen molar-refractivity contribution in [2.45, 2.75) is 12.8 Å². The minimum Gasteiger partial charge on any atom is -0.497 e. The van der Waals surface area contributed by atoms with Crippen molar-refractivity contribution in [2.24, 2.45) is 0 Å². The molecular formula is C23H23N3O3S. The average Bonchev–Trinajstić information content (AvgIpc) is 3.44. The minimum absolute atomic E-state index is 0.00448. The predicted octanol–water partition coefficient (Wildman–Crippen LogP) is 4.32. The molecule has 0 atom stereocenters. The molecule has 1 aromatic heterocycles. The van der Waals surface area contributed by atoms with Crippen molar-refractivity contribution >= 4 is 34.6 Å². The molecule has 0 saturated carbocycles. The quantitative estimate of drug-likeness (QED) is 0.623. The van der Waals surface area contributed by atoms with Crippen LogP contribution in [0.3, 0.4) is 0 Å². The molecule has 0 bridgehead atoms. The fraction of sp³-hybridized carbons (Fsp3) is 0.217. The zero-order valence-corrected chi connectivity index (χ0v) is 17.5. The SMILES string of the molecule is COc1ccc(CCNC(=O)Nc2ccc3c(c2)N(C(=O)c2cccs2)CC3)cc1. The van der Waals surface area contributed by atoms with E-state index in [1.54, 1.807) is 12.0 Å². The van der Waals surface area contributed by atoms with Gasteiger partial charge in [0.15, 0.2) is 0 Å². The van der Waals surface area contributed by atoms with Gasteiger partial charge in [-0.05, 0) is 59.7 Å². The van der Waals surface area contributed by atoms with E-state index < -0.39 is 0 Å². The Morgan fingerprint density at radius 3 is 2.70 bits per heavy atom. The molecule has 3 aromatic rings. The maximum atomic E-state index is 12.7. The van der Waals surface area contributed by atoms with E-state index in [9.17, 15) is 9.59 Å². The third-order valence-corrected chi connectivity index (χ3v) is 5.93. The molecule has 0 spiro atoms. The highest BCUT2D eigenvalue weighted by Crippen LogP contribution is 2.32. The lowest BCUT2D eigenvalue weighted by atomic mass is 10.1. The number of methoxy groups -OCH3 is 1. The number of hydrogen-bond donors (Lipinski definition) is 2. The molecule has 154 valence electrons. The molecule has 2 heterocycles. The van der Waals surface area contributed by atoms with Crippen LogP contribution in [0, 0.1) is 0 Å². The number of ether oxygens (including phenoxy) is 1. The topological polar surface area (TPSA) is 70.7 Å². The van der Waals surface area contributed by atoms with Gasteiger partial charge in [-0.15, -0.1) is 11.3 Å². The highest BCUT2D eigenvalue weighted by molar-refractivity contribution is 7.12. The number of benzene rings is 2. The van der Waals surface area contributed by atoms with Crippen molar-refractivity contribution < 1.29 is 14.3 Å². The van der Waals surface area contributed by atoms with Gasteiger partial charge in [0.1, 0.15) is 5.75 Å². The second-order valence-electron chi connectivity index (χ2n) is 7.01. The van der Waals surface area contributed by atoms with Crippen molar-refractivity contribution in [2.75, 3.05) is 30.4 Å². The summed E-state index contributed by atoms with van der Waals surface area (Å²) in [6, 6.07) is 17.0. The number of carbonyl (C=O) groups is 2. The summed E-state index contributed by atoms with van der Waals surface area (Å²) in [5.74, 6) is 0.817. The smallest absolute Gasteiger partial charge is 0.319 e. The van der Waals surface area contributed by atoms with Crippen molar-refractivity contribution in [1.29, 1.82) is 0 Å². The second kappa shape index (κ2) is 9.00. The predicted molar refractivity (Wildman–Crippen MR) is 120 cm³/mol. The van der Waals surface area contributed by atoms with Crippen LogP contribution < -0.4 is 20.3 Å². The summed E-state index contributed by atoms with van der Waals surface area (Å²) in [5.41, 5.74) is 3.77. The van der Waals surface area contributed by atoms with Crippen molar-refractivity contribution in [1.82, 2.24) is 5.32 Å². The Hall–Kier alpha value is -3.32. The number of urea groups is 1. The van der Waals surface area contributed by atoms with Crippen LogP contribution in [0.1, 0.15) is 20.8 Å². The maximum Gasteiger partial charge on any atom is 0.319 e. The molecule has 4 rings (SSSR count). The van der Waals surface area contributed by atoms with Crippen LogP contribution in [0.2, 0.25) is 0 Å². The van der Waals surface area contributed by atoms with Crippen molar-refractivity contribution in [3.63, 3.8) is 0 Å². The molecule has 6 nitrogen and oxygen atoms in total. The van der Waals surface area contributed by atoms with E-state index in [2.05, 4.69) is 10.6 Å². The van der Waals surface area contributed by atoms with Gasteiger partial charge in [-0.3, -0.25) is 4.79 Å². The number of anilines is 2. The average molecular weight is 422 g/mol. The molecule has 2 aromatic carbocycles. The van der Waals surface area contributed by atoms with Gasteiger partial charge in [0, 0.05) is 24.5 Å². The van der Waals surface area contributed by atoms with Crippen LogP contribution in [0.5, 0.6) is 5.75 Å². The van der Waals surface area contributed by atoms with Crippen LogP contribution in [0.25, 0.3) is 0 Å². The Balaban J connectivity index is 1.34. The van der Waals surface area contributed by atoms with Crippen LogP contribution in [0.15, 0.2) is 60.0 Å². The highest BCUT2D eigenvalue weighted by Gasteiger charge is 2.26. The van der Waals surface area contributed by atoms with E-state index >= 15 is 0 Å². The molecule has 0 unspecified atom stereocenters. The van der Waals surface area contributed by atoms with E-state index in [0.29, 0.717) is 18.8 Å². The second-order valence-corrected chi connectivity index (χ2v) is 7.95. The Morgan fingerprint density at radius 2 is 1.97 bits per heavy atom. The number of thiophene rings is 1. The number of amides is 3. The molecule has 0 saturated heterocycles. The molecule has 3 amide bonds. The number of nitrogens with zero attached hydrogens (tertiary/aromatic N) is 1. The van der Waals surface area contributed by atoms with Crippen LogP contribution in [-0.2, 0) is 12.8 Å². The number of hydrogen-bond acceptors (Lipinski definition) is 4. The lowest BCUT2D eigenvalue weighted by Gasteiger charge is -2.17. The third-order valence-electron chi connectivity index (χ3n) is 5.07. The van der Waals surface area contributed by atoms with Crippen LogP contribution in [0.4, 0.5) is 16.2 Å². The van der Waals surface area contributed by atoms with Gasteiger partial charge in [-0.1, -0.05) is 24.3 Å².